The molecule has 3 N–H and O–H groups in total. The van der Waals surface area contributed by atoms with Gasteiger partial charge in [-0.25, -0.2) is 0 Å². The van der Waals surface area contributed by atoms with Crippen LogP contribution in [-0.4, -0.2) is 55.7 Å². The van der Waals surface area contributed by atoms with E-state index in [2.05, 4.69) is 24.1 Å². The van der Waals surface area contributed by atoms with Gasteiger partial charge in [0.1, 0.15) is 0 Å². The second kappa shape index (κ2) is 5.44. The maximum absolute atomic E-state index is 11.5. The van der Waals surface area contributed by atoms with Crippen LogP contribution in [0.2, 0.25) is 0 Å². The Balaban J connectivity index is 2.38. The molecule has 1 rings (SSSR count). The highest BCUT2D eigenvalue weighted by Crippen LogP contribution is 2.17. The number of carbonyl (C=O) groups excluding carboxylic acids is 1. The van der Waals surface area contributed by atoms with Gasteiger partial charge in [0.2, 0.25) is 5.91 Å². The number of rotatable bonds is 4. The molecule has 0 aromatic rings. The van der Waals surface area contributed by atoms with Crippen molar-refractivity contribution in [1.29, 1.82) is 0 Å². The molecular formula is C10H21N3O2. The van der Waals surface area contributed by atoms with E-state index in [1.54, 1.807) is 0 Å². The Morgan fingerprint density at radius 2 is 2.33 bits per heavy atom. The molecule has 1 aliphatic heterocycles. The van der Waals surface area contributed by atoms with Crippen LogP contribution >= 0.6 is 0 Å². The first kappa shape index (κ1) is 12.4. The maximum atomic E-state index is 11.5. The van der Waals surface area contributed by atoms with Gasteiger partial charge in [-0.2, -0.15) is 0 Å². The molecule has 0 aliphatic carbocycles. The van der Waals surface area contributed by atoms with Gasteiger partial charge in [0.25, 0.3) is 0 Å². The quantitative estimate of drug-likeness (QED) is 0.642. The van der Waals surface area contributed by atoms with Gasteiger partial charge in [0.15, 0.2) is 0 Å². The van der Waals surface area contributed by atoms with Crippen LogP contribution in [-0.2, 0) is 9.53 Å². The average molecular weight is 215 g/mol. The number of amides is 1. The summed E-state index contributed by atoms with van der Waals surface area (Å²) >= 11 is 0. The Labute approximate surface area is 90.9 Å². The van der Waals surface area contributed by atoms with Crippen molar-refractivity contribution in [2.75, 3.05) is 39.4 Å². The number of nitrogens with zero attached hydrogens (tertiary/aromatic N) is 1. The maximum Gasteiger partial charge on any atom is 0.234 e. The van der Waals surface area contributed by atoms with E-state index in [1.165, 1.54) is 0 Å². The Morgan fingerprint density at radius 3 is 2.93 bits per heavy atom. The van der Waals surface area contributed by atoms with Crippen molar-refractivity contribution >= 4 is 5.91 Å². The van der Waals surface area contributed by atoms with Crippen molar-refractivity contribution in [3.05, 3.63) is 0 Å². The van der Waals surface area contributed by atoms with E-state index in [9.17, 15) is 4.79 Å². The summed E-state index contributed by atoms with van der Waals surface area (Å²) in [5.74, 6) is 0.0374. The fraction of sp³-hybridized carbons (Fsp3) is 0.900. The summed E-state index contributed by atoms with van der Waals surface area (Å²) in [5.41, 5.74) is 5.26. The molecule has 5 nitrogen and oxygen atoms in total. The second-order valence-electron chi connectivity index (χ2n) is 4.43. The second-order valence-corrected chi connectivity index (χ2v) is 4.43. The minimum absolute atomic E-state index is 0.0374. The summed E-state index contributed by atoms with van der Waals surface area (Å²) in [5, 5.41) is 2.77. The largest absolute Gasteiger partial charge is 0.378 e. The van der Waals surface area contributed by atoms with Crippen molar-refractivity contribution in [3.8, 4) is 0 Å². The van der Waals surface area contributed by atoms with E-state index in [0.29, 0.717) is 32.8 Å². The summed E-state index contributed by atoms with van der Waals surface area (Å²) in [6.07, 6.45) is 0. The number of hydrogen-bond acceptors (Lipinski definition) is 4. The molecule has 1 amide bonds. The molecule has 0 unspecified atom stereocenters. The summed E-state index contributed by atoms with van der Waals surface area (Å²) in [7, 11) is 0. The fourth-order valence-electron chi connectivity index (χ4n) is 1.62. The van der Waals surface area contributed by atoms with Gasteiger partial charge in [-0.1, -0.05) is 0 Å². The molecular weight excluding hydrogens is 194 g/mol. The minimum atomic E-state index is -0.0572. The van der Waals surface area contributed by atoms with Crippen molar-refractivity contribution in [2.24, 2.45) is 5.73 Å². The molecule has 1 aliphatic rings. The molecule has 0 spiro atoms. The zero-order valence-corrected chi connectivity index (χ0v) is 9.58. The number of hydrogen-bond donors (Lipinski definition) is 2. The lowest BCUT2D eigenvalue weighted by atomic mass is 10.0. The average Bonchev–Trinajstić information content (AvgIpc) is 2.18. The lowest BCUT2D eigenvalue weighted by molar-refractivity contribution is -0.127. The van der Waals surface area contributed by atoms with E-state index in [4.69, 9.17) is 10.5 Å². The molecule has 0 atom stereocenters. The van der Waals surface area contributed by atoms with Crippen LogP contribution in [0.25, 0.3) is 0 Å². The highest BCUT2D eigenvalue weighted by molar-refractivity contribution is 5.78. The zero-order chi connectivity index (χ0) is 11.3. The van der Waals surface area contributed by atoms with Crippen LogP contribution in [0.3, 0.4) is 0 Å². The smallest absolute Gasteiger partial charge is 0.234 e. The fourth-order valence-corrected chi connectivity index (χ4v) is 1.62. The predicted octanol–water partition coefficient (Wildman–Crippen LogP) is -0.828. The van der Waals surface area contributed by atoms with Crippen LogP contribution in [0.5, 0.6) is 0 Å². The molecule has 1 saturated heterocycles. The number of carbonyl (C=O) groups is 1. The third-order valence-corrected chi connectivity index (χ3v) is 2.62. The van der Waals surface area contributed by atoms with Crippen LogP contribution in [0.4, 0.5) is 0 Å². The number of morpholine rings is 1. The summed E-state index contributed by atoms with van der Waals surface area (Å²) < 4.78 is 5.38. The van der Waals surface area contributed by atoms with Crippen molar-refractivity contribution in [3.63, 3.8) is 0 Å². The molecule has 0 radical (unpaired) electrons. The lowest BCUT2D eigenvalue weighted by Crippen LogP contribution is -2.55. The zero-order valence-electron chi connectivity index (χ0n) is 9.58. The number of nitrogens with two attached hydrogens (primary N) is 1. The third kappa shape index (κ3) is 3.77. The molecule has 1 fully saturated rings. The summed E-state index contributed by atoms with van der Waals surface area (Å²) in [6, 6.07) is 0. The normalized spacial score (nSPS) is 21.3. The Bertz CT molecular complexity index is 219. The molecule has 1 heterocycles. The van der Waals surface area contributed by atoms with Gasteiger partial charge in [0, 0.05) is 25.2 Å². The summed E-state index contributed by atoms with van der Waals surface area (Å²) in [4.78, 5) is 13.7. The molecule has 0 aromatic carbocycles. The molecule has 88 valence electrons. The van der Waals surface area contributed by atoms with Crippen LogP contribution in [0.15, 0.2) is 0 Å². The molecule has 15 heavy (non-hydrogen) atoms. The van der Waals surface area contributed by atoms with E-state index < -0.39 is 0 Å². The predicted molar refractivity (Wildman–Crippen MR) is 58.5 cm³/mol. The third-order valence-electron chi connectivity index (χ3n) is 2.62. The molecule has 0 bridgehead atoms. The first-order valence-corrected chi connectivity index (χ1v) is 5.36. The Morgan fingerprint density at radius 1 is 1.60 bits per heavy atom. The molecule has 0 aromatic heterocycles. The first-order chi connectivity index (χ1) is 7.06. The topological polar surface area (TPSA) is 67.6 Å². The van der Waals surface area contributed by atoms with E-state index >= 15 is 0 Å². The monoisotopic (exact) mass is 215 g/mol. The highest BCUT2D eigenvalue weighted by atomic mass is 16.5. The first-order valence-electron chi connectivity index (χ1n) is 5.36. The Kier molecular flexibility index (Phi) is 4.50. The number of nitrogens with one attached hydrogen (secondary N) is 1. The molecule has 0 saturated carbocycles. The van der Waals surface area contributed by atoms with Gasteiger partial charge in [-0.05, 0) is 13.8 Å². The van der Waals surface area contributed by atoms with Crippen molar-refractivity contribution in [1.82, 2.24) is 10.2 Å². The van der Waals surface area contributed by atoms with E-state index in [1.807, 2.05) is 0 Å². The van der Waals surface area contributed by atoms with Crippen LogP contribution < -0.4 is 11.1 Å². The van der Waals surface area contributed by atoms with E-state index in [0.717, 1.165) is 6.54 Å². The number of ether oxygens (including phenoxy) is 1. The van der Waals surface area contributed by atoms with Crippen LogP contribution in [0.1, 0.15) is 13.8 Å². The summed E-state index contributed by atoms with van der Waals surface area (Å²) in [6.45, 7) is 7.82. The van der Waals surface area contributed by atoms with Crippen molar-refractivity contribution < 1.29 is 9.53 Å². The van der Waals surface area contributed by atoms with Gasteiger partial charge in [-0.15, -0.1) is 0 Å². The van der Waals surface area contributed by atoms with Gasteiger partial charge >= 0.3 is 0 Å². The van der Waals surface area contributed by atoms with Crippen LogP contribution in [0, 0.1) is 0 Å². The van der Waals surface area contributed by atoms with Gasteiger partial charge in [-0.3, -0.25) is 9.69 Å². The standard InChI is InChI=1S/C10H21N3O2/c1-10(2)8-15-6-5-13(10)7-9(14)12-4-3-11/h3-8,11H2,1-2H3,(H,12,14). The van der Waals surface area contributed by atoms with Gasteiger partial charge < -0.3 is 15.8 Å². The highest BCUT2D eigenvalue weighted by Gasteiger charge is 2.31. The SMILES string of the molecule is CC1(C)COCCN1CC(=O)NCCN. The van der Waals surface area contributed by atoms with Crippen molar-refractivity contribution in [2.45, 2.75) is 19.4 Å². The van der Waals surface area contributed by atoms with Gasteiger partial charge in [0.05, 0.1) is 19.8 Å². The van der Waals surface area contributed by atoms with E-state index in [-0.39, 0.29) is 11.4 Å². The lowest BCUT2D eigenvalue weighted by Gasteiger charge is -2.41. The molecule has 5 heteroatoms. The minimum Gasteiger partial charge on any atom is -0.378 e. The Hall–Kier alpha value is -0.650.